The third-order valence-electron chi connectivity index (χ3n) is 3.95. The van der Waals surface area contributed by atoms with Crippen molar-refractivity contribution in [3.8, 4) is 22.8 Å². The van der Waals surface area contributed by atoms with Gasteiger partial charge in [-0.1, -0.05) is 0 Å². The van der Waals surface area contributed by atoms with Crippen LogP contribution in [0.25, 0.3) is 27.9 Å². The molecule has 7 nitrogen and oxygen atoms in total. The monoisotopic (exact) mass is 321 g/mol. The number of hydrogen-bond donors (Lipinski definition) is 4. The van der Waals surface area contributed by atoms with Crippen molar-refractivity contribution in [3.63, 3.8) is 0 Å². The second-order valence-electron chi connectivity index (χ2n) is 5.46. The van der Waals surface area contributed by atoms with E-state index in [0.717, 1.165) is 22.3 Å². The van der Waals surface area contributed by atoms with Gasteiger partial charge in [-0.2, -0.15) is 0 Å². The maximum absolute atomic E-state index is 9.80. The highest BCUT2D eigenvalue weighted by Gasteiger charge is 2.15. The summed E-state index contributed by atoms with van der Waals surface area (Å²) in [4.78, 5) is 9.01. The van der Waals surface area contributed by atoms with Crippen molar-refractivity contribution in [2.75, 3.05) is 18.1 Å². The number of phenols is 2. The number of imidazole rings is 1. The van der Waals surface area contributed by atoms with Crippen LogP contribution in [0.15, 0.2) is 42.6 Å². The Labute approximate surface area is 137 Å². The molecule has 0 aliphatic carbocycles. The average molecular weight is 321 g/mol. The lowest BCUT2D eigenvalue weighted by atomic mass is 10.1. The van der Waals surface area contributed by atoms with Gasteiger partial charge in [-0.05, 0) is 36.4 Å². The topological polar surface area (TPSA) is 109 Å². The predicted octanol–water partition coefficient (Wildman–Crippen LogP) is 2.58. The second-order valence-corrected chi connectivity index (χ2v) is 5.46. The largest absolute Gasteiger partial charge is 0.504 e. The Hall–Kier alpha value is -3.48. The van der Waals surface area contributed by atoms with Crippen molar-refractivity contribution >= 4 is 28.2 Å². The molecule has 0 bridgehead atoms. The summed E-state index contributed by atoms with van der Waals surface area (Å²) >= 11 is 0. The van der Waals surface area contributed by atoms with Crippen LogP contribution in [0.4, 0.5) is 11.5 Å². The summed E-state index contributed by atoms with van der Waals surface area (Å²) in [7, 11) is 1.78. The first-order chi connectivity index (χ1) is 11.6. The van der Waals surface area contributed by atoms with Gasteiger partial charge >= 0.3 is 0 Å². The van der Waals surface area contributed by atoms with Crippen LogP contribution < -0.4 is 11.1 Å². The Morgan fingerprint density at radius 1 is 1.08 bits per heavy atom. The fourth-order valence-corrected chi connectivity index (χ4v) is 2.81. The molecule has 2 aromatic heterocycles. The molecule has 0 spiro atoms. The Kier molecular flexibility index (Phi) is 2.96. The zero-order valence-electron chi connectivity index (χ0n) is 12.9. The van der Waals surface area contributed by atoms with Crippen molar-refractivity contribution in [2.45, 2.75) is 0 Å². The van der Waals surface area contributed by atoms with Gasteiger partial charge in [-0.3, -0.25) is 4.40 Å². The number of nitrogen functional groups attached to an aromatic ring is 1. The molecule has 0 saturated heterocycles. The van der Waals surface area contributed by atoms with Crippen LogP contribution in [0.3, 0.4) is 0 Å². The number of nitrogens with zero attached hydrogens (tertiary/aromatic N) is 3. The highest BCUT2D eigenvalue weighted by atomic mass is 16.3. The molecule has 2 aromatic carbocycles. The van der Waals surface area contributed by atoms with E-state index < -0.39 is 0 Å². The molecule has 2 heterocycles. The molecule has 24 heavy (non-hydrogen) atoms. The van der Waals surface area contributed by atoms with Crippen LogP contribution >= 0.6 is 0 Å². The molecule has 0 saturated carbocycles. The molecule has 0 fully saturated rings. The third kappa shape index (κ3) is 1.98. The van der Waals surface area contributed by atoms with Gasteiger partial charge in [0.15, 0.2) is 23.0 Å². The number of phenolic OH excluding ortho intramolecular Hbond substituents is 2. The van der Waals surface area contributed by atoms with Crippen LogP contribution in [-0.2, 0) is 0 Å². The summed E-state index contributed by atoms with van der Waals surface area (Å²) < 4.78 is 1.94. The molecule has 0 atom stereocenters. The van der Waals surface area contributed by atoms with E-state index in [0.29, 0.717) is 17.2 Å². The van der Waals surface area contributed by atoms with Gasteiger partial charge in [0.05, 0.1) is 22.9 Å². The second kappa shape index (κ2) is 5.02. The first-order valence-electron chi connectivity index (χ1n) is 7.35. The molecule has 0 unspecified atom stereocenters. The van der Waals surface area contributed by atoms with Crippen molar-refractivity contribution < 1.29 is 10.2 Å². The Morgan fingerprint density at radius 3 is 2.67 bits per heavy atom. The maximum Gasteiger partial charge on any atom is 0.181 e. The van der Waals surface area contributed by atoms with Crippen molar-refractivity contribution in [3.05, 3.63) is 42.6 Å². The van der Waals surface area contributed by atoms with Crippen LogP contribution in [0, 0.1) is 0 Å². The van der Waals surface area contributed by atoms with E-state index in [1.165, 1.54) is 12.1 Å². The minimum atomic E-state index is -0.182. The van der Waals surface area contributed by atoms with Crippen LogP contribution in [-0.4, -0.2) is 31.6 Å². The van der Waals surface area contributed by atoms with Crippen LogP contribution in [0.2, 0.25) is 0 Å². The van der Waals surface area contributed by atoms with E-state index in [4.69, 9.17) is 5.73 Å². The number of fused-ring (bicyclic) bond motifs is 3. The van der Waals surface area contributed by atoms with Gasteiger partial charge in [0.25, 0.3) is 0 Å². The molecule has 0 amide bonds. The molecular formula is C17H15N5O2. The number of nitrogens with one attached hydrogen (secondary N) is 1. The number of hydrogen-bond acceptors (Lipinski definition) is 6. The number of aromatic hydroxyl groups is 2. The zero-order valence-corrected chi connectivity index (χ0v) is 12.9. The molecule has 0 radical (unpaired) electrons. The van der Waals surface area contributed by atoms with Gasteiger partial charge in [0.1, 0.15) is 0 Å². The first-order valence-corrected chi connectivity index (χ1v) is 7.35. The quantitative estimate of drug-likeness (QED) is 0.334. The summed E-state index contributed by atoms with van der Waals surface area (Å²) in [5.41, 5.74) is 10.2. The molecule has 120 valence electrons. The van der Waals surface area contributed by atoms with Crippen molar-refractivity contribution in [1.29, 1.82) is 0 Å². The summed E-state index contributed by atoms with van der Waals surface area (Å²) in [6.07, 6.45) is 1.71. The van der Waals surface area contributed by atoms with Crippen molar-refractivity contribution in [1.82, 2.24) is 14.4 Å². The summed E-state index contributed by atoms with van der Waals surface area (Å²) in [5.74, 6) is 0.282. The van der Waals surface area contributed by atoms with Gasteiger partial charge in [0, 0.05) is 18.3 Å². The zero-order chi connectivity index (χ0) is 16.8. The Morgan fingerprint density at radius 2 is 1.92 bits per heavy atom. The maximum atomic E-state index is 9.80. The van der Waals surface area contributed by atoms with E-state index in [9.17, 15) is 10.2 Å². The molecule has 4 rings (SSSR count). The lowest BCUT2D eigenvalue weighted by Gasteiger charge is -2.10. The van der Waals surface area contributed by atoms with Crippen LogP contribution in [0.5, 0.6) is 11.5 Å². The fourth-order valence-electron chi connectivity index (χ4n) is 2.81. The predicted molar refractivity (Wildman–Crippen MR) is 93.2 cm³/mol. The van der Waals surface area contributed by atoms with Gasteiger partial charge in [-0.15, -0.1) is 0 Å². The normalized spacial score (nSPS) is 11.2. The third-order valence-corrected chi connectivity index (χ3v) is 3.95. The molecule has 5 N–H and O–H groups in total. The SMILES string of the molecule is CNc1nc2cc(N)ccc2n2c(-c3ccc(O)c(O)c3)cnc12. The fraction of sp³-hybridized carbons (Fsp3) is 0.0588. The van der Waals surface area contributed by atoms with Gasteiger partial charge in [-0.25, -0.2) is 9.97 Å². The van der Waals surface area contributed by atoms with E-state index in [1.807, 2.05) is 10.5 Å². The minimum absolute atomic E-state index is 0.164. The molecule has 4 aromatic rings. The van der Waals surface area contributed by atoms with Gasteiger partial charge < -0.3 is 21.3 Å². The number of rotatable bonds is 2. The lowest BCUT2D eigenvalue weighted by molar-refractivity contribution is 0.404. The molecule has 7 heteroatoms. The molecular weight excluding hydrogens is 306 g/mol. The lowest BCUT2D eigenvalue weighted by Crippen LogP contribution is -2.01. The highest BCUT2D eigenvalue weighted by Crippen LogP contribution is 2.33. The summed E-state index contributed by atoms with van der Waals surface area (Å²) in [6.45, 7) is 0. The van der Waals surface area contributed by atoms with Gasteiger partial charge in [0.2, 0.25) is 0 Å². The highest BCUT2D eigenvalue weighted by molar-refractivity contribution is 5.88. The summed E-state index contributed by atoms with van der Waals surface area (Å²) in [6, 6.07) is 10.2. The minimum Gasteiger partial charge on any atom is -0.504 e. The Balaban J connectivity index is 2.11. The summed E-state index contributed by atoms with van der Waals surface area (Å²) in [5, 5.41) is 22.4. The molecule has 0 aliphatic rings. The Bertz CT molecular complexity index is 1090. The number of benzene rings is 2. The van der Waals surface area contributed by atoms with E-state index in [-0.39, 0.29) is 11.5 Å². The standard InChI is InChI=1S/C17H15N5O2/c1-19-16-17-20-8-13(9-2-5-14(23)15(24)6-9)22(17)12-4-3-10(18)7-11(12)21-16/h2-8,23-24H,18H2,1H3,(H,19,21). The van der Waals surface area contributed by atoms with E-state index in [1.54, 1.807) is 31.4 Å². The smallest absolute Gasteiger partial charge is 0.181 e. The van der Waals surface area contributed by atoms with E-state index >= 15 is 0 Å². The average Bonchev–Trinajstić information content (AvgIpc) is 3.01. The number of nitrogens with two attached hydrogens (primary N) is 1. The number of anilines is 2. The van der Waals surface area contributed by atoms with Crippen LogP contribution in [0.1, 0.15) is 0 Å². The van der Waals surface area contributed by atoms with Crippen molar-refractivity contribution in [2.24, 2.45) is 0 Å². The number of aromatic nitrogens is 3. The first kappa shape index (κ1) is 14.1. The molecule has 0 aliphatic heterocycles. The van der Waals surface area contributed by atoms with E-state index in [2.05, 4.69) is 15.3 Å².